The zero-order chi connectivity index (χ0) is 3.54. The van der Waals surface area contributed by atoms with Crippen LogP contribution in [0.3, 0.4) is 0 Å². The second-order valence-electron chi connectivity index (χ2n) is 0.793. The number of hydrogen-bond donors (Lipinski definition) is 0. The molecule has 0 saturated heterocycles. The molecule has 0 fully saturated rings. The molecule has 0 nitrogen and oxygen atoms in total. The number of hydrogen-bond acceptors (Lipinski definition) is 1. The fraction of sp³-hybridized carbons (Fsp3) is 0. The Morgan fingerprint density at radius 2 is 1.43 bits per heavy atom. The van der Waals surface area contributed by atoms with E-state index in [4.69, 9.17) is 0 Å². The van der Waals surface area contributed by atoms with E-state index in [9.17, 15) is 0 Å². The van der Waals surface area contributed by atoms with Crippen molar-refractivity contribution in [3.8, 4) is 0 Å². The van der Waals surface area contributed by atoms with Crippen molar-refractivity contribution in [2.24, 2.45) is 0 Å². The summed E-state index contributed by atoms with van der Waals surface area (Å²) in [6, 6.07) is 4.04. The monoisotopic (exact) mass is 144 g/mol. The van der Waals surface area contributed by atoms with Crippen molar-refractivity contribution < 1.29 is 0 Å². The zero-order valence-electron chi connectivity index (χ0n) is 3.13. The molecule has 3 heteroatoms. The van der Waals surface area contributed by atoms with Crippen molar-refractivity contribution in [3.63, 3.8) is 0 Å². The van der Waals surface area contributed by atoms with Gasteiger partial charge in [-0.05, 0) is 10.8 Å². The second-order valence-corrected chi connectivity index (χ2v) is 1.61. The smallest absolute Gasteiger partial charge is 0.00934 e. The van der Waals surface area contributed by atoms with Crippen LogP contribution in [-0.4, -0.2) is 29.6 Å². The Morgan fingerprint density at radius 1 is 1.00 bits per heavy atom. The Balaban J connectivity index is 0. The van der Waals surface area contributed by atoms with Crippen LogP contribution in [0.4, 0.5) is 0 Å². The summed E-state index contributed by atoms with van der Waals surface area (Å²) in [5.41, 5.74) is 0. The predicted molar refractivity (Wildman–Crippen MR) is 38.7 cm³/mol. The molecule has 7 heavy (non-hydrogen) atoms. The van der Waals surface area contributed by atoms with Crippen LogP contribution in [0.2, 0.25) is 0 Å². The Morgan fingerprint density at radius 3 is 1.57 bits per heavy atom. The van der Waals surface area contributed by atoms with Crippen molar-refractivity contribution in [3.05, 3.63) is 22.9 Å². The standard InChI is InChI=1S/C4H4S.ClH.Na.H/c1-2-4-5-3-1;;;/h1-4H;1H;;. The van der Waals surface area contributed by atoms with Crippen LogP contribution in [0.15, 0.2) is 22.9 Å². The van der Waals surface area contributed by atoms with Crippen LogP contribution >= 0.6 is 23.7 Å². The Bertz CT molecular complexity index is 68.2. The molecule has 0 saturated carbocycles. The first-order chi connectivity index (χ1) is 2.50. The summed E-state index contributed by atoms with van der Waals surface area (Å²) in [5.74, 6) is 0. The van der Waals surface area contributed by atoms with E-state index in [0.29, 0.717) is 0 Å². The molecule has 0 N–H and O–H groups in total. The summed E-state index contributed by atoms with van der Waals surface area (Å²) in [4.78, 5) is 0. The first kappa shape index (κ1) is 10.9. The molecular weight excluding hydrogens is 139 g/mol. The fourth-order valence-electron chi connectivity index (χ4n) is 0.227. The van der Waals surface area contributed by atoms with Crippen LogP contribution < -0.4 is 0 Å². The van der Waals surface area contributed by atoms with Gasteiger partial charge >= 0.3 is 29.6 Å². The molecule has 36 valence electrons. The van der Waals surface area contributed by atoms with E-state index in [1.807, 2.05) is 22.9 Å². The molecule has 0 aliphatic heterocycles. The van der Waals surface area contributed by atoms with Gasteiger partial charge in [0.2, 0.25) is 0 Å². The molecule has 0 aliphatic rings. The minimum Gasteiger partial charge on any atom is -0.152 e. The van der Waals surface area contributed by atoms with Gasteiger partial charge in [-0.2, -0.15) is 11.3 Å². The number of thiophene rings is 1. The average molecular weight is 145 g/mol. The molecule has 0 bridgehead atoms. The van der Waals surface area contributed by atoms with Gasteiger partial charge in [0.15, 0.2) is 0 Å². The summed E-state index contributed by atoms with van der Waals surface area (Å²) in [6.07, 6.45) is 0. The average Bonchev–Trinajstić information content (AvgIpc) is 1.76. The molecule has 0 amide bonds. The van der Waals surface area contributed by atoms with E-state index in [1.54, 1.807) is 11.3 Å². The normalized spacial score (nSPS) is 5.71. The SMILES string of the molecule is Cl.[NaH].c1ccsc1. The maximum Gasteiger partial charge on any atom is -0.00934 e. The summed E-state index contributed by atoms with van der Waals surface area (Å²) >= 11 is 1.71. The Kier molecular flexibility index (Phi) is 10.9. The van der Waals surface area contributed by atoms with Gasteiger partial charge in [0, 0.05) is 0 Å². The maximum atomic E-state index is 2.04. The van der Waals surface area contributed by atoms with Gasteiger partial charge in [0.25, 0.3) is 0 Å². The number of rotatable bonds is 0. The van der Waals surface area contributed by atoms with Crippen molar-refractivity contribution >= 4 is 53.3 Å². The summed E-state index contributed by atoms with van der Waals surface area (Å²) in [5, 5.41) is 4.08. The molecule has 0 radical (unpaired) electrons. The molecule has 0 aromatic carbocycles. The van der Waals surface area contributed by atoms with Crippen molar-refractivity contribution in [1.82, 2.24) is 0 Å². The van der Waals surface area contributed by atoms with Crippen molar-refractivity contribution in [1.29, 1.82) is 0 Å². The minimum absolute atomic E-state index is 0. The van der Waals surface area contributed by atoms with E-state index >= 15 is 0 Å². The third-order valence-corrected chi connectivity index (χ3v) is 1.05. The molecule has 0 atom stereocenters. The van der Waals surface area contributed by atoms with E-state index in [2.05, 4.69) is 0 Å². The van der Waals surface area contributed by atoms with Crippen molar-refractivity contribution in [2.45, 2.75) is 0 Å². The van der Waals surface area contributed by atoms with Gasteiger partial charge in [-0.1, -0.05) is 12.1 Å². The third-order valence-electron chi connectivity index (χ3n) is 0.425. The first-order valence-corrected chi connectivity index (χ1v) is 2.41. The van der Waals surface area contributed by atoms with E-state index < -0.39 is 0 Å². The zero-order valence-corrected chi connectivity index (χ0v) is 4.76. The molecule has 1 aromatic rings. The predicted octanol–water partition coefficient (Wildman–Crippen LogP) is 1.52. The van der Waals surface area contributed by atoms with Gasteiger partial charge in [-0.3, -0.25) is 0 Å². The fourth-order valence-corrected chi connectivity index (χ4v) is 0.680. The Hall–Kier alpha value is 0.990. The molecule has 1 rings (SSSR count). The topological polar surface area (TPSA) is 0 Å². The van der Waals surface area contributed by atoms with Gasteiger partial charge in [0.1, 0.15) is 0 Å². The van der Waals surface area contributed by atoms with Gasteiger partial charge in [-0.25, -0.2) is 0 Å². The Labute approximate surface area is 75.6 Å². The van der Waals surface area contributed by atoms with E-state index in [0.717, 1.165) is 0 Å². The van der Waals surface area contributed by atoms with Crippen LogP contribution in [0.25, 0.3) is 0 Å². The van der Waals surface area contributed by atoms with Crippen LogP contribution in [-0.2, 0) is 0 Å². The molecule has 0 aliphatic carbocycles. The van der Waals surface area contributed by atoms with Gasteiger partial charge < -0.3 is 0 Å². The maximum absolute atomic E-state index is 2.04. The largest absolute Gasteiger partial charge is 0.152 e. The molecule has 1 heterocycles. The van der Waals surface area contributed by atoms with Gasteiger partial charge in [0.05, 0.1) is 0 Å². The molecule has 0 spiro atoms. The first-order valence-electron chi connectivity index (χ1n) is 1.47. The summed E-state index contributed by atoms with van der Waals surface area (Å²) < 4.78 is 0. The minimum atomic E-state index is 0. The van der Waals surface area contributed by atoms with Gasteiger partial charge in [-0.15, -0.1) is 12.4 Å². The van der Waals surface area contributed by atoms with Crippen LogP contribution in [0.1, 0.15) is 0 Å². The molecular formula is C4H6ClNaS. The third kappa shape index (κ3) is 4.85. The van der Waals surface area contributed by atoms with Crippen LogP contribution in [0.5, 0.6) is 0 Å². The number of halogens is 1. The molecule has 0 unspecified atom stereocenters. The summed E-state index contributed by atoms with van der Waals surface area (Å²) in [6.45, 7) is 0. The van der Waals surface area contributed by atoms with Crippen LogP contribution in [0, 0.1) is 0 Å². The van der Waals surface area contributed by atoms with Crippen molar-refractivity contribution in [2.75, 3.05) is 0 Å². The molecule has 1 aromatic heterocycles. The summed E-state index contributed by atoms with van der Waals surface area (Å²) in [7, 11) is 0. The van der Waals surface area contributed by atoms with E-state index in [-0.39, 0.29) is 42.0 Å². The van der Waals surface area contributed by atoms with E-state index in [1.165, 1.54) is 0 Å². The second kappa shape index (κ2) is 6.99. The quantitative estimate of drug-likeness (QED) is 0.485.